The lowest BCUT2D eigenvalue weighted by molar-refractivity contribution is -0.649. The highest BCUT2D eigenvalue weighted by Crippen LogP contribution is 2.40. The topological polar surface area (TPSA) is 66.3 Å². The number of rotatable bonds is 3. The number of nitrogens with zero attached hydrogens (tertiary/aromatic N) is 2. The van der Waals surface area contributed by atoms with E-state index in [9.17, 15) is 37.3 Å². The smallest absolute Gasteiger partial charge is 0.262 e. The molecule has 89 valence electrons. The van der Waals surface area contributed by atoms with Crippen molar-refractivity contribution in [3.8, 4) is 0 Å². The Labute approximate surface area is 80.2 Å². The van der Waals surface area contributed by atoms with Gasteiger partial charge in [-0.1, -0.05) is 0 Å². The minimum absolute atomic E-state index is 0.347. The molecule has 0 amide bonds. The van der Waals surface area contributed by atoms with Crippen LogP contribution in [0.15, 0.2) is 0 Å². The van der Waals surface area contributed by atoms with E-state index >= 15 is 0 Å². The van der Waals surface area contributed by atoms with Crippen molar-refractivity contribution in [3.63, 3.8) is 0 Å². The summed E-state index contributed by atoms with van der Waals surface area (Å²) >= 11 is 0. The van der Waals surface area contributed by atoms with E-state index in [1.54, 1.807) is 0 Å². The summed E-state index contributed by atoms with van der Waals surface area (Å²) in [5.74, 6) is 0. The van der Waals surface area contributed by atoms with Gasteiger partial charge >= 0.3 is 17.9 Å². The Balaban J connectivity index is 5.18. The molecule has 0 unspecified atom stereocenters. The lowest BCUT2D eigenvalue weighted by Gasteiger charge is -2.30. The minimum Gasteiger partial charge on any atom is -0.262 e. The van der Waals surface area contributed by atoms with Crippen molar-refractivity contribution < 1.29 is 32.1 Å². The largest absolute Gasteiger partial charge is 0.471 e. The van der Waals surface area contributed by atoms with Crippen molar-refractivity contribution in [2.45, 2.75) is 31.7 Å². The normalized spacial score (nSPS) is 14.5. The van der Waals surface area contributed by atoms with Crippen molar-refractivity contribution in [2.75, 3.05) is 0 Å². The second-order valence-electron chi connectivity index (χ2n) is 3.08. The first kappa shape index (κ1) is 14.0. The van der Waals surface area contributed by atoms with Crippen LogP contribution in [-0.4, -0.2) is 27.9 Å². The fourth-order valence-electron chi connectivity index (χ4n) is 0.533. The zero-order chi connectivity index (χ0) is 12.7. The summed E-state index contributed by atoms with van der Waals surface area (Å²) in [6, 6.07) is -5.80. The van der Waals surface area contributed by atoms with Gasteiger partial charge in [0.05, 0.1) is 0 Å². The third-order valence-electron chi connectivity index (χ3n) is 1.54. The van der Waals surface area contributed by atoms with Gasteiger partial charge in [0.15, 0.2) is 0 Å². The van der Waals surface area contributed by atoms with Gasteiger partial charge in [0.25, 0.3) is 0 Å². The Hall–Kier alpha value is -1.03. The van der Waals surface area contributed by atoms with E-state index in [0.29, 0.717) is 13.8 Å². The van der Waals surface area contributed by atoms with Crippen LogP contribution >= 0.6 is 0 Å². The van der Waals surface area contributed by atoms with Crippen LogP contribution in [0, 0.1) is 10.1 Å². The van der Waals surface area contributed by atoms with E-state index in [4.69, 9.17) is 0 Å². The molecule has 0 aliphatic heterocycles. The van der Waals surface area contributed by atoms with Gasteiger partial charge < -0.3 is 0 Å². The first-order valence-corrected chi connectivity index (χ1v) is 3.41. The quantitative estimate of drug-likeness (QED) is 0.247. The van der Waals surface area contributed by atoms with E-state index in [1.807, 2.05) is 0 Å². The molecular weight excluding hydrogens is 231 g/mol. The number of hydrogen-bond donors (Lipinski definition) is 0. The zero-order valence-corrected chi connectivity index (χ0v) is 7.51. The maximum absolute atomic E-state index is 12.4. The molecule has 0 fully saturated rings. The minimum atomic E-state index is -6.16. The molecule has 0 atom stereocenters. The van der Waals surface area contributed by atoms with Gasteiger partial charge in [-0.3, -0.25) is 10.1 Å². The molecule has 0 spiro atoms. The average molecular weight is 237 g/mol. The summed E-state index contributed by atoms with van der Waals surface area (Å²) in [6.07, 6.45) is -6.16. The maximum atomic E-state index is 12.4. The van der Waals surface area contributed by atoms with Crippen LogP contribution in [0.4, 0.5) is 22.0 Å². The van der Waals surface area contributed by atoms with Gasteiger partial charge in [0.2, 0.25) is 0 Å². The maximum Gasteiger partial charge on any atom is 0.471 e. The summed E-state index contributed by atoms with van der Waals surface area (Å²) in [6.45, 7) is 0.694. The van der Waals surface area contributed by atoms with Crippen molar-refractivity contribution in [1.82, 2.24) is 5.06 Å². The van der Waals surface area contributed by atoms with E-state index in [1.165, 1.54) is 0 Å². The van der Waals surface area contributed by atoms with Gasteiger partial charge in [-0.2, -0.15) is 22.0 Å². The predicted octanol–water partition coefficient (Wildman–Crippen LogP) is 1.80. The van der Waals surface area contributed by atoms with Crippen LogP contribution in [0.1, 0.15) is 13.8 Å². The van der Waals surface area contributed by atoms with Crippen LogP contribution in [-0.2, 0) is 5.21 Å². The number of nitro groups is 1. The highest BCUT2D eigenvalue weighted by Gasteiger charge is 2.69. The Kier molecular flexibility index (Phi) is 3.28. The Morgan fingerprint density at radius 2 is 1.47 bits per heavy atom. The number of hydrogen-bond acceptors (Lipinski definition) is 3. The first-order valence-electron chi connectivity index (χ1n) is 3.41. The molecule has 0 bridgehead atoms. The van der Waals surface area contributed by atoms with Crippen molar-refractivity contribution >= 4 is 0 Å². The predicted molar refractivity (Wildman–Crippen MR) is 34.6 cm³/mol. The Morgan fingerprint density at radius 3 is 1.67 bits per heavy atom. The molecule has 0 saturated heterocycles. The molecule has 0 heterocycles. The monoisotopic (exact) mass is 237 g/mol. The van der Waals surface area contributed by atoms with Crippen LogP contribution in [0.25, 0.3) is 0 Å². The molecule has 0 saturated carbocycles. The van der Waals surface area contributed by atoms with E-state index in [0.717, 1.165) is 0 Å². The first-order chi connectivity index (χ1) is 6.35. The van der Waals surface area contributed by atoms with E-state index in [2.05, 4.69) is 0 Å². The molecule has 0 aliphatic carbocycles. The van der Waals surface area contributed by atoms with Gasteiger partial charge in [0, 0.05) is 18.8 Å². The standard InChI is InChI=1S/C5H6F5N2O3/c1-3(2,12(14)15)11(13)5(9,10)4(6,7)8/h1-2H3. The van der Waals surface area contributed by atoms with Gasteiger partial charge in [-0.25, -0.2) is 0 Å². The number of halogens is 5. The van der Waals surface area contributed by atoms with E-state index in [-0.39, 0.29) is 0 Å². The highest BCUT2D eigenvalue weighted by atomic mass is 19.4. The SMILES string of the molecule is CC(C)(N([O])C(F)(F)C(F)(F)F)[N+](=O)[O-]. The van der Waals surface area contributed by atoms with Gasteiger partial charge in [0.1, 0.15) is 0 Å². The van der Waals surface area contributed by atoms with Crippen LogP contribution in [0.3, 0.4) is 0 Å². The third-order valence-corrected chi connectivity index (χ3v) is 1.54. The molecule has 15 heavy (non-hydrogen) atoms. The zero-order valence-electron chi connectivity index (χ0n) is 7.51. The van der Waals surface area contributed by atoms with Crippen molar-refractivity contribution in [2.24, 2.45) is 0 Å². The lowest BCUT2D eigenvalue weighted by Crippen LogP contribution is -2.61. The van der Waals surface area contributed by atoms with Crippen molar-refractivity contribution in [1.29, 1.82) is 0 Å². The lowest BCUT2D eigenvalue weighted by atomic mass is 10.2. The third kappa shape index (κ3) is 2.31. The highest BCUT2D eigenvalue weighted by molar-refractivity contribution is 4.77. The number of alkyl halides is 5. The molecular formula is C5H6F5N2O3. The van der Waals surface area contributed by atoms with Gasteiger partial charge in [-0.15, -0.1) is 5.21 Å². The fourth-order valence-corrected chi connectivity index (χ4v) is 0.533. The van der Waals surface area contributed by atoms with Crippen LogP contribution in [0.5, 0.6) is 0 Å². The van der Waals surface area contributed by atoms with Crippen LogP contribution in [0.2, 0.25) is 0 Å². The molecule has 0 N–H and O–H groups in total. The molecule has 0 aromatic rings. The summed E-state index contributed by atoms with van der Waals surface area (Å²) in [7, 11) is 0. The summed E-state index contributed by atoms with van der Waals surface area (Å²) in [5.41, 5.74) is -3.07. The molecule has 0 aromatic carbocycles. The Bertz CT molecular complexity index is 264. The van der Waals surface area contributed by atoms with Crippen molar-refractivity contribution in [3.05, 3.63) is 10.1 Å². The molecule has 10 heteroatoms. The Morgan fingerprint density at radius 1 is 1.13 bits per heavy atom. The summed E-state index contributed by atoms with van der Waals surface area (Å²) in [4.78, 5) is 8.57. The van der Waals surface area contributed by atoms with Gasteiger partial charge in [-0.05, 0) is 5.06 Å². The average Bonchev–Trinajstić information content (AvgIpc) is 2.00. The second kappa shape index (κ2) is 3.52. The molecule has 5 nitrogen and oxygen atoms in total. The van der Waals surface area contributed by atoms with Crippen LogP contribution < -0.4 is 0 Å². The number of hydroxylamine groups is 2. The molecule has 0 rings (SSSR count). The molecule has 0 aromatic heterocycles. The molecule has 1 radical (unpaired) electrons. The van der Waals surface area contributed by atoms with E-state index < -0.39 is 27.9 Å². The summed E-state index contributed by atoms with van der Waals surface area (Å²) in [5, 5.41) is 18.8. The fraction of sp³-hybridized carbons (Fsp3) is 1.00. The summed E-state index contributed by atoms with van der Waals surface area (Å²) < 4.78 is 59.7. The molecule has 0 aliphatic rings. The second-order valence-corrected chi connectivity index (χ2v) is 3.08.